The van der Waals surface area contributed by atoms with E-state index in [9.17, 15) is 18.0 Å². The average Bonchev–Trinajstić information content (AvgIpc) is 3.54. The molecule has 43 heavy (non-hydrogen) atoms. The molecular weight excluding hydrogens is 583 g/mol. The first-order chi connectivity index (χ1) is 20.9. The number of hydrogen-bond donors (Lipinski definition) is 2. The Balaban J connectivity index is 0.000000559. The molecule has 220 valence electrons. The van der Waals surface area contributed by atoms with E-state index in [4.69, 9.17) is 0 Å². The van der Waals surface area contributed by atoms with E-state index < -0.39 is 16.1 Å². The Morgan fingerprint density at radius 3 is 2.44 bits per heavy atom. The van der Waals surface area contributed by atoms with Crippen LogP contribution < -0.4 is 16.0 Å². The minimum absolute atomic E-state index is 0.208. The zero-order valence-corrected chi connectivity index (χ0v) is 24.9. The van der Waals surface area contributed by atoms with Crippen LogP contribution in [-0.4, -0.2) is 55.8 Å². The molecule has 1 saturated heterocycles. The second-order valence-electron chi connectivity index (χ2n) is 9.84. The highest BCUT2D eigenvalue weighted by atomic mass is 32.2. The molecule has 1 atom stereocenters. The minimum atomic E-state index is -3.76. The topological polar surface area (TPSA) is 126 Å². The van der Waals surface area contributed by atoms with Crippen LogP contribution in [0.1, 0.15) is 4.88 Å². The van der Waals surface area contributed by atoms with E-state index in [0.717, 1.165) is 22.2 Å². The van der Waals surface area contributed by atoms with Gasteiger partial charge >= 0.3 is 6.03 Å². The number of anilines is 1. The smallest absolute Gasteiger partial charge is 0.318 e. The third-order valence-electron chi connectivity index (χ3n) is 7.16. The van der Waals surface area contributed by atoms with Gasteiger partial charge in [-0.2, -0.15) is 4.31 Å². The number of aromatic nitrogens is 1. The van der Waals surface area contributed by atoms with Crippen LogP contribution in [0.5, 0.6) is 0 Å². The van der Waals surface area contributed by atoms with Gasteiger partial charge in [0.1, 0.15) is 4.90 Å². The fourth-order valence-electron chi connectivity index (χ4n) is 5.28. The highest BCUT2D eigenvalue weighted by molar-refractivity contribution is 7.89. The number of carbonyl (C=O) groups is 2. The van der Waals surface area contributed by atoms with Crippen LogP contribution in [0, 0.1) is 0 Å². The summed E-state index contributed by atoms with van der Waals surface area (Å²) in [6, 6.07) is 31.0. The Morgan fingerprint density at radius 2 is 1.72 bits per heavy atom. The van der Waals surface area contributed by atoms with Crippen molar-refractivity contribution in [3.05, 3.63) is 114 Å². The van der Waals surface area contributed by atoms with Gasteiger partial charge in [-0.1, -0.05) is 72.8 Å². The minimum Gasteiger partial charge on any atom is -0.368 e. The summed E-state index contributed by atoms with van der Waals surface area (Å²) in [7, 11) is -3.76. The number of sulfonamides is 1. The molecule has 5 aromatic rings. The van der Waals surface area contributed by atoms with E-state index in [2.05, 4.69) is 70.2 Å². The number of rotatable bonds is 7. The lowest BCUT2D eigenvalue weighted by Crippen LogP contribution is -2.56. The molecule has 1 fully saturated rings. The van der Waals surface area contributed by atoms with Crippen LogP contribution in [0.2, 0.25) is 0 Å². The van der Waals surface area contributed by atoms with Gasteiger partial charge in [-0.3, -0.25) is 15.1 Å². The van der Waals surface area contributed by atoms with Crippen LogP contribution in [0.15, 0.2) is 114 Å². The van der Waals surface area contributed by atoms with Gasteiger partial charge in [-0.25, -0.2) is 13.2 Å². The quantitative estimate of drug-likeness (QED) is 0.252. The van der Waals surface area contributed by atoms with E-state index in [-0.39, 0.29) is 17.3 Å². The molecule has 0 spiro atoms. The number of nitrogens with two attached hydrogens (primary N) is 1. The number of pyridine rings is 1. The monoisotopic (exact) mass is 613 g/mol. The Morgan fingerprint density at radius 1 is 0.953 bits per heavy atom. The third-order valence-corrected chi connectivity index (χ3v) is 10.0. The van der Waals surface area contributed by atoms with Crippen molar-refractivity contribution in [2.75, 3.05) is 24.5 Å². The van der Waals surface area contributed by atoms with Crippen LogP contribution in [0.3, 0.4) is 0 Å². The van der Waals surface area contributed by atoms with Crippen LogP contribution in [0.4, 0.5) is 10.5 Å². The zero-order chi connectivity index (χ0) is 30.2. The number of imide groups is 1. The number of urea groups is 1. The van der Waals surface area contributed by atoms with Crippen LogP contribution >= 0.6 is 11.3 Å². The standard InChI is InChI=1S/C30H27N3O2S2.C2H4N2O2/c34-37(35,29-16-6-11-24-12-7-17-31-30(24)29)33-19-18-32(22-25(33)21-26-13-8-20-36-26)28-15-5-4-14-27(28)23-9-2-1-3-10-23;3-2(6)4-1-5/h1-17,20,25H,18-19,21-22H2;1H,(H3,3,4,5,6). The summed E-state index contributed by atoms with van der Waals surface area (Å²) in [6.45, 7) is 1.63. The van der Waals surface area contributed by atoms with E-state index >= 15 is 0 Å². The Labute approximate surface area is 254 Å². The number of piperazine rings is 1. The number of para-hydroxylation sites is 2. The number of nitrogens with one attached hydrogen (secondary N) is 1. The van der Waals surface area contributed by atoms with E-state index in [1.807, 2.05) is 35.7 Å². The number of amides is 3. The first kappa shape index (κ1) is 29.9. The number of nitrogens with zero attached hydrogens (tertiary/aromatic N) is 3. The summed E-state index contributed by atoms with van der Waals surface area (Å²) in [6.07, 6.45) is 2.55. The number of benzene rings is 3. The van der Waals surface area contributed by atoms with Crippen molar-refractivity contribution in [1.82, 2.24) is 14.6 Å². The highest BCUT2D eigenvalue weighted by Crippen LogP contribution is 2.34. The molecule has 9 nitrogen and oxygen atoms in total. The summed E-state index contributed by atoms with van der Waals surface area (Å²) in [5.74, 6) is 0. The maximum absolute atomic E-state index is 14.1. The maximum atomic E-state index is 14.1. The number of fused-ring (bicyclic) bond motifs is 1. The first-order valence-corrected chi connectivity index (χ1v) is 16.0. The van der Waals surface area contributed by atoms with Crippen molar-refractivity contribution < 1.29 is 18.0 Å². The predicted molar refractivity (Wildman–Crippen MR) is 170 cm³/mol. The molecule has 3 aromatic carbocycles. The average molecular weight is 614 g/mol. The van der Waals surface area contributed by atoms with Crippen molar-refractivity contribution in [2.24, 2.45) is 5.73 Å². The van der Waals surface area contributed by atoms with E-state index in [0.29, 0.717) is 31.6 Å². The van der Waals surface area contributed by atoms with Gasteiger partial charge < -0.3 is 10.6 Å². The molecule has 6 rings (SSSR count). The molecule has 1 aliphatic heterocycles. The Bertz CT molecular complexity index is 1790. The number of carbonyl (C=O) groups excluding carboxylic acids is 2. The third kappa shape index (κ3) is 6.91. The van der Waals surface area contributed by atoms with Crippen LogP contribution in [-0.2, 0) is 21.2 Å². The van der Waals surface area contributed by atoms with Crippen molar-refractivity contribution >= 4 is 50.4 Å². The normalized spacial score (nSPS) is 15.3. The summed E-state index contributed by atoms with van der Waals surface area (Å²) >= 11 is 1.67. The Kier molecular flexibility index (Phi) is 9.45. The summed E-state index contributed by atoms with van der Waals surface area (Å²) < 4.78 is 30.0. The van der Waals surface area contributed by atoms with Crippen molar-refractivity contribution in [3.63, 3.8) is 0 Å². The lowest BCUT2D eigenvalue weighted by molar-refractivity contribution is -0.108. The van der Waals surface area contributed by atoms with Crippen LogP contribution in [0.25, 0.3) is 22.0 Å². The van der Waals surface area contributed by atoms with E-state index in [1.54, 1.807) is 39.3 Å². The van der Waals surface area contributed by atoms with Gasteiger partial charge in [0.2, 0.25) is 16.4 Å². The Hall–Kier alpha value is -4.58. The van der Waals surface area contributed by atoms with Gasteiger partial charge in [0.05, 0.1) is 5.52 Å². The lowest BCUT2D eigenvalue weighted by Gasteiger charge is -2.42. The zero-order valence-electron chi connectivity index (χ0n) is 23.2. The molecule has 1 aliphatic rings. The lowest BCUT2D eigenvalue weighted by atomic mass is 10.0. The molecular formula is C32H31N5O4S2. The van der Waals surface area contributed by atoms with E-state index in [1.165, 1.54) is 4.88 Å². The van der Waals surface area contributed by atoms with Gasteiger partial charge in [-0.15, -0.1) is 11.3 Å². The molecule has 0 aliphatic carbocycles. The predicted octanol–water partition coefficient (Wildman–Crippen LogP) is 4.90. The summed E-state index contributed by atoms with van der Waals surface area (Å²) in [5.41, 5.74) is 8.40. The molecule has 1 unspecified atom stereocenters. The molecule has 3 N–H and O–H groups in total. The SMILES string of the molecule is NC(=O)NC=O.O=S(=O)(c1cccc2cccnc12)N1CCN(c2ccccc2-c2ccccc2)CC1Cc1cccs1. The molecule has 0 saturated carbocycles. The van der Waals surface area contributed by atoms with Crippen molar-refractivity contribution in [1.29, 1.82) is 0 Å². The molecule has 2 aromatic heterocycles. The van der Waals surface area contributed by atoms with Crippen molar-refractivity contribution in [3.8, 4) is 11.1 Å². The fourth-order valence-corrected chi connectivity index (χ4v) is 7.83. The van der Waals surface area contributed by atoms with Gasteiger partial charge in [0, 0.05) is 59.8 Å². The fraction of sp³-hybridized carbons (Fsp3) is 0.156. The van der Waals surface area contributed by atoms with Gasteiger partial charge in [0.15, 0.2) is 0 Å². The molecule has 3 amide bonds. The maximum Gasteiger partial charge on any atom is 0.318 e. The molecule has 0 bridgehead atoms. The molecule has 0 radical (unpaired) electrons. The van der Waals surface area contributed by atoms with Crippen molar-refractivity contribution in [2.45, 2.75) is 17.4 Å². The largest absolute Gasteiger partial charge is 0.368 e. The second kappa shape index (κ2) is 13.6. The first-order valence-electron chi connectivity index (χ1n) is 13.7. The second-order valence-corrected chi connectivity index (χ2v) is 12.7. The van der Waals surface area contributed by atoms with Gasteiger partial charge in [0.25, 0.3) is 0 Å². The molecule has 11 heteroatoms. The van der Waals surface area contributed by atoms with Gasteiger partial charge in [-0.05, 0) is 35.2 Å². The summed E-state index contributed by atoms with van der Waals surface area (Å²) in [4.78, 5) is 26.9. The number of thiophene rings is 1. The molecule has 3 heterocycles. The number of primary amides is 1. The summed E-state index contributed by atoms with van der Waals surface area (Å²) in [5, 5.41) is 4.54. The number of hydrogen-bond acceptors (Lipinski definition) is 7. The highest BCUT2D eigenvalue weighted by Gasteiger charge is 2.38.